The van der Waals surface area contributed by atoms with Crippen LogP contribution in [0.1, 0.15) is 14.7 Å². The van der Waals surface area contributed by atoms with Crippen molar-refractivity contribution in [2.75, 3.05) is 22.1 Å². The number of hydrogen-bond donors (Lipinski definition) is 4. The number of hydrogen-bond acceptors (Lipinski definition) is 10. The number of rotatable bonds is 6. The first-order valence-electron chi connectivity index (χ1n) is 7.40. The second-order valence-corrected chi connectivity index (χ2v) is 8.12. The zero-order valence-corrected chi connectivity index (χ0v) is 16.3. The molecular weight excluding hydrogens is 410 g/mol. The van der Waals surface area contributed by atoms with Gasteiger partial charge in [-0.15, -0.1) is 21.5 Å². The average molecular weight is 424 g/mol. The van der Waals surface area contributed by atoms with Crippen LogP contribution in [0.25, 0.3) is 0 Å². The second-order valence-electron chi connectivity index (χ2n) is 5.03. The third-order valence-electron chi connectivity index (χ3n) is 3.02. The highest BCUT2D eigenvalue weighted by molar-refractivity contribution is 7.99. The summed E-state index contributed by atoms with van der Waals surface area (Å²) in [5.41, 5.74) is 5.05. The maximum absolute atomic E-state index is 12.2. The summed E-state index contributed by atoms with van der Waals surface area (Å²) in [6.45, 7) is 1.78. The Hall–Kier alpha value is -2.77. The predicted octanol–water partition coefficient (Wildman–Crippen LogP) is 1.56. The van der Waals surface area contributed by atoms with E-state index in [9.17, 15) is 14.4 Å². The summed E-state index contributed by atoms with van der Waals surface area (Å²) in [4.78, 5) is 43.1. The van der Waals surface area contributed by atoms with Crippen molar-refractivity contribution in [3.63, 3.8) is 0 Å². The number of aromatic nitrogens is 4. The lowest BCUT2D eigenvalue weighted by atomic mass is 10.4. The van der Waals surface area contributed by atoms with E-state index < -0.39 is 11.5 Å². The van der Waals surface area contributed by atoms with Crippen LogP contribution in [0.2, 0.25) is 0 Å². The molecule has 0 aliphatic rings. The Morgan fingerprint density at radius 1 is 1.33 bits per heavy atom. The van der Waals surface area contributed by atoms with Gasteiger partial charge in [-0.1, -0.05) is 29.2 Å². The molecule has 0 saturated carbocycles. The monoisotopic (exact) mass is 423 g/mol. The van der Waals surface area contributed by atoms with Crippen LogP contribution in [0.5, 0.6) is 0 Å². The highest BCUT2D eigenvalue weighted by atomic mass is 32.2. The zero-order valence-electron chi connectivity index (χ0n) is 13.8. The van der Waals surface area contributed by atoms with Crippen LogP contribution in [0.15, 0.2) is 27.5 Å². The van der Waals surface area contributed by atoms with Crippen molar-refractivity contribution >= 4 is 62.9 Å². The molecular formula is C14H13N7O3S3. The summed E-state index contributed by atoms with van der Waals surface area (Å²) in [7, 11) is 0. The lowest BCUT2D eigenvalue weighted by Crippen LogP contribution is -2.23. The molecule has 5 N–H and O–H groups in total. The molecule has 0 atom stereocenters. The molecule has 3 aromatic heterocycles. The fraction of sp³-hybridized carbons (Fsp3) is 0.143. The van der Waals surface area contributed by atoms with Crippen LogP contribution in [0.3, 0.4) is 0 Å². The van der Waals surface area contributed by atoms with E-state index in [4.69, 9.17) is 5.73 Å². The van der Waals surface area contributed by atoms with Crippen molar-refractivity contribution in [2.24, 2.45) is 0 Å². The van der Waals surface area contributed by atoms with Crippen molar-refractivity contribution < 1.29 is 9.59 Å². The van der Waals surface area contributed by atoms with E-state index >= 15 is 0 Å². The minimum absolute atomic E-state index is 0.0120. The fourth-order valence-electron chi connectivity index (χ4n) is 1.88. The number of carbonyl (C=O) groups is 2. The van der Waals surface area contributed by atoms with Crippen LogP contribution in [0.4, 0.5) is 16.6 Å². The summed E-state index contributed by atoms with van der Waals surface area (Å²) < 4.78 is 0. The Balaban J connectivity index is 1.63. The van der Waals surface area contributed by atoms with Gasteiger partial charge in [-0.2, -0.15) is 0 Å². The highest BCUT2D eigenvalue weighted by Gasteiger charge is 2.15. The van der Waals surface area contributed by atoms with Gasteiger partial charge >= 0.3 is 0 Å². The third kappa shape index (κ3) is 4.90. The molecule has 140 valence electrons. The third-order valence-corrected chi connectivity index (χ3v) is 5.52. The smallest absolute Gasteiger partial charge is 0.277 e. The van der Waals surface area contributed by atoms with E-state index in [-0.39, 0.29) is 28.3 Å². The molecule has 0 saturated heterocycles. The minimum atomic E-state index is -0.602. The molecule has 0 aromatic carbocycles. The van der Waals surface area contributed by atoms with Crippen molar-refractivity contribution in [1.29, 1.82) is 0 Å². The van der Waals surface area contributed by atoms with E-state index in [1.807, 2.05) is 0 Å². The molecule has 0 fully saturated rings. The number of nitrogens with zero attached hydrogens (tertiary/aromatic N) is 3. The van der Waals surface area contributed by atoms with Gasteiger partial charge in [0.15, 0.2) is 16.7 Å². The predicted molar refractivity (Wildman–Crippen MR) is 106 cm³/mol. The summed E-state index contributed by atoms with van der Waals surface area (Å²) in [5, 5.41) is 15.7. The van der Waals surface area contributed by atoms with Gasteiger partial charge < -0.3 is 11.1 Å². The number of H-pyrrole nitrogens is 1. The van der Waals surface area contributed by atoms with Gasteiger partial charge in [-0.05, 0) is 18.4 Å². The van der Waals surface area contributed by atoms with Crippen LogP contribution in [-0.2, 0) is 4.79 Å². The van der Waals surface area contributed by atoms with Gasteiger partial charge in [-0.25, -0.2) is 4.98 Å². The van der Waals surface area contributed by atoms with Crippen molar-refractivity contribution in [3.8, 4) is 0 Å². The number of amides is 2. The van der Waals surface area contributed by atoms with Gasteiger partial charge in [-0.3, -0.25) is 24.7 Å². The first-order chi connectivity index (χ1) is 12.9. The topological polar surface area (TPSA) is 156 Å². The number of nitrogens with two attached hydrogens (primary N) is 1. The Morgan fingerprint density at radius 3 is 2.78 bits per heavy atom. The molecule has 13 heteroatoms. The summed E-state index contributed by atoms with van der Waals surface area (Å²) in [5.74, 6) is -0.920. The summed E-state index contributed by atoms with van der Waals surface area (Å²) in [6, 6.07) is 3.35. The minimum Gasteiger partial charge on any atom is -0.382 e. The number of nitrogens with one attached hydrogen (secondary N) is 3. The summed E-state index contributed by atoms with van der Waals surface area (Å²) in [6.07, 6.45) is 0. The number of anilines is 3. The van der Waals surface area contributed by atoms with E-state index in [1.54, 1.807) is 24.4 Å². The lowest BCUT2D eigenvalue weighted by Gasteiger charge is -2.07. The summed E-state index contributed by atoms with van der Waals surface area (Å²) >= 11 is 3.48. The van der Waals surface area contributed by atoms with Crippen LogP contribution < -0.4 is 21.9 Å². The maximum Gasteiger partial charge on any atom is 0.277 e. The Bertz CT molecular complexity index is 1030. The molecule has 10 nitrogen and oxygen atoms in total. The number of nitrogen functional groups attached to an aromatic ring is 1. The fourth-order valence-corrected chi connectivity index (χ4v) is 3.77. The number of thioether (sulfide) groups is 1. The quantitative estimate of drug-likeness (QED) is 0.344. The Morgan fingerprint density at radius 2 is 2.15 bits per heavy atom. The van der Waals surface area contributed by atoms with Crippen molar-refractivity contribution in [3.05, 3.63) is 37.8 Å². The molecule has 0 unspecified atom stereocenters. The molecule has 27 heavy (non-hydrogen) atoms. The molecule has 0 radical (unpaired) electrons. The number of aryl methyl sites for hydroxylation is 1. The van der Waals surface area contributed by atoms with Gasteiger partial charge in [0.05, 0.1) is 10.6 Å². The van der Waals surface area contributed by atoms with E-state index in [2.05, 4.69) is 30.8 Å². The molecule has 0 bridgehead atoms. The molecule has 3 heterocycles. The number of carbonyl (C=O) groups excluding carboxylic acids is 2. The first-order valence-corrected chi connectivity index (χ1v) is 10.1. The zero-order chi connectivity index (χ0) is 19.4. The van der Waals surface area contributed by atoms with E-state index in [0.717, 1.165) is 16.8 Å². The largest absolute Gasteiger partial charge is 0.382 e. The van der Waals surface area contributed by atoms with Gasteiger partial charge in [0.1, 0.15) is 5.01 Å². The van der Waals surface area contributed by atoms with Crippen molar-refractivity contribution in [2.45, 2.75) is 12.1 Å². The number of aromatic amines is 1. The Labute approximate surface area is 164 Å². The Kier molecular flexibility index (Phi) is 5.83. The SMILES string of the molecule is Cc1nnc(NC(=O)CSc2nc(N)c(NC(=O)c3cccs3)c(=O)[nH]2)s1. The van der Waals surface area contributed by atoms with Gasteiger partial charge in [0, 0.05) is 0 Å². The lowest BCUT2D eigenvalue weighted by molar-refractivity contribution is -0.113. The standard InChI is InChI=1S/C14H13N7O3S3/c1-6-20-21-14(27-6)16-8(22)5-26-13-18-10(15)9(12(24)19-13)17-11(23)7-3-2-4-25-7/h2-4H,5H2,1H3,(H,17,23)(H,16,21,22)(H3,15,18,19,24). The highest BCUT2D eigenvalue weighted by Crippen LogP contribution is 2.19. The van der Waals surface area contributed by atoms with E-state index in [1.165, 1.54) is 22.7 Å². The average Bonchev–Trinajstić information content (AvgIpc) is 3.28. The normalized spacial score (nSPS) is 10.6. The molecule has 0 aliphatic heterocycles. The van der Waals surface area contributed by atoms with Crippen molar-refractivity contribution in [1.82, 2.24) is 20.2 Å². The molecule has 0 aliphatic carbocycles. The molecule has 0 spiro atoms. The first kappa shape index (κ1) is 19.0. The van der Waals surface area contributed by atoms with Crippen LogP contribution in [0, 0.1) is 6.92 Å². The van der Waals surface area contributed by atoms with Gasteiger partial charge in [0.2, 0.25) is 11.0 Å². The molecule has 3 aromatic rings. The molecule has 3 rings (SSSR count). The number of thiophene rings is 1. The van der Waals surface area contributed by atoms with Gasteiger partial charge in [0.25, 0.3) is 11.5 Å². The molecule has 2 amide bonds. The van der Waals surface area contributed by atoms with Crippen LogP contribution >= 0.6 is 34.4 Å². The van der Waals surface area contributed by atoms with E-state index in [0.29, 0.717) is 10.0 Å². The van der Waals surface area contributed by atoms with Crippen LogP contribution in [-0.4, -0.2) is 37.7 Å². The maximum atomic E-state index is 12.2. The second kappa shape index (κ2) is 8.28.